The van der Waals surface area contributed by atoms with Crippen LogP contribution in [-0.2, 0) is 20.1 Å². The van der Waals surface area contributed by atoms with Gasteiger partial charge in [0.15, 0.2) is 0 Å². The maximum atomic E-state index is 5.76. The summed E-state index contributed by atoms with van der Waals surface area (Å²) < 4.78 is 7.56. The molecule has 5 nitrogen and oxygen atoms in total. The number of aromatic nitrogens is 3. The number of rotatable bonds is 5. The van der Waals surface area contributed by atoms with Gasteiger partial charge in [-0.25, -0.2) is 4.98 Å². The van der Waals surface area contributed by atoms with Gasteiger partial charge in [-0.1, -0.05) is 6.07 Å². The molecule has 0 bridgehead atoms. The predicted octanol–water partition coefficient (Wildman–Crippen LogP) is 2.28. The number of aryl methyl sites for hydroxylation is 1. The Morgan fingerprint density at radius 1 is 1.25 bits per heavy atom. The van der Waals surface area contributed by atoms with E-state index in [-0.39, 0.29) is 5.60 Å². The van der Waals surface area contributed by atoms with Crippen LogP contribution in [0.15, 0.2) is 30.6 Å². The second kappa shape index (κ2) is 6.05. The van der Waals surface area contributed by atoms with E-state index in [1.807, 2.05) is 58.4 Å². The van der Waals surface area contributed by atoms with Gasteiger partial charge in [0.05, 0.1) is 11.9 Å². The molecule has 5 heteroatoms. The van der Waals surface area contributed by atoms with Crippen molar-refractivity contribution in [3.05, 3.63) is 41.9 Å². The summed E-state index contributed by atoms with van der Waals surface area (Å²) >= 11 is 0. The van der Waals surface area contributed by atoms with Gasteiger partial charge >= 0.3 is 0 Å². The maximum Gasteiger partial charge on any atom is 0.213 e. The normalized spacial score (nSPS) is 11.6. The average molecular weight is 274 g/mol. The van der Waals surface area contributed by atoms with Gasteiger partial charge in [0, 0.05) is 38.0 Å². The van der Waals surface area contributed by atoms with E-state index in [0.29, 0.717) is 12.4 Å². The van der Waals surface area contributed by atoms with Crippen molar-refractivity contribution in [3.63, 3.8) is 0 Å². The summed E-state index contributed by atoms with van der Waals surface area (Å²) in [5.74, 6) is 0.665. The quantitative estimate of drug-likeness (QED) is 0.909. The molecule has 0 atom stereocenters. The van der Waals surface area contributed by atoms with Crippen LogP contribution >= 0.6 is 0 Å². The Morgan fingerprint density at radius 2 is 2.05 bits per heavy atom. The van der Waals surface area contributed by atoms with Gasteiger partial charge in [-0.15, -0.1) is 0 Å². The van der Waals surface area contributed by atoms with Crippen molar-refractivity contribution in [2.75, 3.05) is 0 Å². The van der Waals surface area contributed by atoms with Gasteiger partial charge < -0.3 is 10.1 Å². The van der Waals surface area contributed by atoms with E-state index in [4.69, 9.17) is 4.74 Å². The lowest BCUT2D eigenvalue weighted by Gasteiger charge is -2.20. The monoisotopic (exact) mass is 274 g/mol. The number of nitrogens with zero attached hydrogens (tertiary/aromatic N) is 3. The van der Waals surface area contributed by atoms with Crippen LogP contribution in [0.1, 0.15) is 32.0 Å². The third kappa shape index (κ3) is 4.66. The van der Waals surface area contributed by atoms with E-state index in [1.165, 1.54) is 0 Å². The maximum absolute atomic E-state index is 5.76. The first kappa shape index (κ1) is 14.5. The molecule has 0 radical (unpaired) electrons. The zero-order valence-corrected chi connectivity index (χ0v) is 12.6. The summed E-state index contributed by atoms with van der Waals surface area (Å²) in [6.45, 7) is 7.53. The largest absolute Gasteiger partial charge is 0.472 e. The zero-order chi connectivity index (χ0) is 14.6. The lowest BCUT2D eigenvalue weighted by atomic mass is 10.2. The first-order valence-electron chi connectivity index (χ1n) is 6.75. The van der Waals surface area contributed by atoms with Crippen LogP contribution in [0.2, 0.25) is 0 Å². The van der Waals surface area contributed by atoms with Crippen molar-refractivity contribution in [3.8, 4) is 5.88 Å². The predicted molar refractivity (Wildman–Crippen MR) is 78.4 cm³/mol. The number of hydrogen-bond donors (Lipinski definition) is 1. The van der Waals surface area contributed by atoms with Crippen LogP contribution in [-0.4, -0.2) is 20.4 Å². The number of pyridine rings is 1. The van der Waals surface area contributed by atoms with Crippen LogP contribution in [0, 0.1) is 0 Å². The molecule has 0 aromatic carbocycles. The highest BCUT2D eigenvalue weighted by Gasteiger charge is 2.12. The highest BCUT2D eigenvalue weighted by atomic mass is 16.5. The summed E-state index contributed by atoms with van der Waals surface area (Å²) in [5, 5.41) is 7.49. The van der Waals surface area contributed by atoms with Gasteiger partial charge in [0.25, 0.3) is 0 Å². The average Bonchev–Trinajstić information content (AvgIpc) is 2.73. The number of hydrogen-bond acceptors (Lipinski definition) is 4. The van der Waals surface area contributed by atoms with Crippen molar-refractivity contribution < 1.29 is 4.74 Å². The molecule has 0 saturated carbocycles. The van der Waals surface area contributed by atoms with E-state index in [2.05, 4.69) is 15.4 Å². The minimum atomic E-state index is -0.227. The van der Waals surface area contributed by atoms with Crippen molar-refractivity contribution in [2.45, 2.75) is 39.5 Å². The third-order valence-electron chi connectivity index (χ3n) is 2.59. The smallest absolute Gasteiger partial charge is 0.213 e. The third-order valence-corrected chi connectivity index (χ3v) is 2.59. The van der Waals surface area contributed by atoms with E-state index < -0.39 is 0 Å². The van der Waals surface area contributed by atoms with Gasteiger partial charge in [-0.05, 0) is 26.8 Å². The Labute approximate surface area is 120 Å². The highest BCUT2D eigenvalue weighted by molar-refractivity contribution is 5.16. The lowest BCUT2D eigenvalue weighted by Crippen LogP contribution is -2.24. The summed E-state index contributed by atoms with van der Waals surface area (Å²) in [5.41, 5.74) is 1.90. The minimum absolute atomic E-state index is 0.227. The summed E-state index contributed by atoms with van der Waals surface area (Å²) in [6.07, 6.45) is 3.86. The molecule has 0 aliphatic heterocycles. The molecule has 0 aliphatic rings. The molecule has 0 fully saturated rings. The van der Waals surface area contributed by atoms with Gasteiger partial charge in [-0.3, -0.25) is 4.68 Å². The molecule has 0 unspecified atom stereocenters. The highest BCUT2D eigenvalue weighted by Crippen LogP contribution is 2.15. The minimum Gasteiger partial charge on any atom is -0.472 e. The van der Waals surface area contributed by atoms with Crippen LogP contribution < -0.4 is 10.1 Å². The topological polar surface area (TPSA) is 52.0 Å². The Hall–Kier alpha value is -1.88. The fraction of sp³-hybridized carbons (Fsp3) is 0.467. The molecule has 2 heterocycles. The Bertz CT molecular complexity index is 557. The zero-order valence-electron chi connectivity index (χ0n) is 12.6. The molecule has 108 valence electrons. The summed E-state index contributed by atoms with van der Waals surface area (Å²) in [7, 11) is 1.92. The van der Waals surface area contributed by atoms with Gasteiger partial charge in [0.1, 0.15) is 5.60 Å². The standard InChI is InChI=1S/C15H22N4O/c1-15(2,3)20-14-7-5-6-13(18-14)10-16-8-12-9-17-19(4)11-12/h5-7,9,11,16H,8,10H2,1-4H3. The lowest BCUT2D eigenvalue weighted by molar-refractivity contribution is 0.124. The van der Waals surface area contributed by atoms with E-state index in [9.17, 15) is 0 Å². The second-order valence-electron chi connectivity index (χ2n) is 5.81. The number of nitrogens with one attached hydrogen (secondary N) is 1. The van der Waals surface area contributed by atoms with E-state index in [0.717, 1.165) is 17.8 Å². The molecular weight excluding hydrogens is 252 g/mol. The molecular formula is C15H22N4O. The van der Waals surface area contributed by atoms with Gasteiger partial charge in [0.2, 0.25) is 5.88 Å². The molecule has 0 spiro atoms. The Kier molecular flexibility index (Phi) is 4.39. The summed E-state index contributed by atoms with van der Waals surface area (Å²) in [4.78, 5) is 4.49. The van der Waals surface area contributed by atoms with Crippen molar-refractivity contribution in [2.24, 2.45) is 7.05 Å². The van der Waals surface area contributed by atoms with Crippen LogP contribution in [0.25, 0.3) is 0 Å². The fourth-order valence-corrected chi connectivity index (χ4v) is 1.82. The number of ether oxygens (including phenoxy) is 1. The Morgan fingerprint density at radius 3 is 2.70 bits per heavy atom. The van der Waals surface area contributed by atoms with Crippen molar-refractivity contribution in [1.82, 2.24) is 20.1 Å². The van der Waals surface area contributed by atoms with Crippen molar-refractivity contribution >= 4 is 0 Å². The fourth-order valence-electron chi connectivity index (χ4n) is 1.82. The SMILES string of the molecule is Cn1cc(CNCc2cccc(OC(C)(C)C)n2)cn1. The molecule has 1 N–H and O–H groups in total. The molecule has 2 rings (SSSR count). The second-order valence-corrected chi connectivity index (χ2v) is 5.81. The van der Waals surface area contributed by atoms with E-state index in [1.54, 1.807) is 4.68 Å². The summed E-state index contributed by atoms with van der Waals surface area (Å²) in [6, 6.07) is 5.84. The van der Waals surface area contributed by atoms with Crippen LogP contribution in [0.4, 0.5) is 0 Å². The van der Waals surface area contributed by atoms with Gasteiger partial charge in [-0.2, -0.15) is 5.10 Å². The molecule has 0 saturated heterocycles. The molecule has 2 aromatic heterocycles. The first-order chi connectivity index (χ1) is 9.42. The van der Waals surface area contributed by atoms with E-state index >= 15 is 0 Å². The molecule has 2 aromatic rings. The van der Waals surface area contributed by atoms with Crippen LogP contribution in [0.3, 0.4) is 0 Å². The van der Waals surface area contributed by atoms with Crippen molar-refractivity contribution in [1.29, 1.82) is 0 Å². The Balaban J connectivity index is 1.88. The first-order valence-corrected chi connectivity index (χ1v) is 6.75. The molecule has 20 heavy (non-hydrogen) atoms. The molecule has 0 aliphatic carbocycles. The molecule has 0 amide bonds. The van der Waals surface area contributed by atoms with Crippen LogP contribution in [0.5, 0.6) is 5.88 Å².